The van der Waals surface area contributed by atoms with Crippen LogP contribution in [0.4, 0.5) is 0 Å². The maximum atomic E-state index is 5.51. The summed E-state index contributed by atoms with van der Waals surface area (Å²) < 4.78 is 5.51. The lowest BCUT2D eigenvalue weighted by molar-refractivity contribution is 0.160. The minimum atomic E-state index is 0.579. The molecule has 0 amide bonds. The molecule has 1 saturated carbocycles. The highest BCUT2D eigenvalue weighted by Crippen LogP contribution is 2.30. The Kier molecular flexibility index (Phi) is 2.59. The number of hydrogen-bond acceptors (Lipinski definition) is 3. The summed E-state index contributed by atoms with van der Waals surface area (Å²) in [6.07, 6.45) is 7.34. The van der Waals surface area contributed by atoms with Crippen molar-refractivity contribution in [1.82, 2.24) is 0 Å². The summed E-state index contributed by atoms with van der Waals surface area (Å²) in [4.78, 5) is 4.58. The van der Waals surface area contributed by atoms with Gasteiger partial charge in [-0.25, -0.2) is 4.99 Å². The Labute approximate surface area is 77.8 Å². The summed E-state index contributed by atoms with van der Waals surface area (Å²) in [5, 5.41) is 0.901. The van der Waals surface area contributed by atoms with E-state index in [4.69, 9.17) is 4.74 Å². The number of nitrogens with zero attached hydrogens (tertiary/aromatic N) is 1. The van der Waals surface area contributed by atoms with Crippen molar-refractivity contribution in [2.75, 3.05) is 12.9 Å². The minimum Gasteiger partial charge on any atom is -0.473 e. The van der Waals surface area contributed by atoms with E-state index in [1.165, 1.54) is 25.7 Å². The van der Waals surface area contributed by atoms with Gasteiger partial charge >= 0.3 is 0 Å². The number of aliphatic imine (C=N–C) groups is 1. The number of rotatable bonds is 0. The van der Waals surface area contributed by atoms with Crippen LogP contribution in [0.1, 0.15) is 25.7 Å². The Morgan fingerprint density at radius 2 is 2.25 bits per heavy atom. The van der Waals surface area contributed by atoms with E-state index in [0.717, 1.165) is 17.8 Å². The molecule has 68 valence electrons. The van der Waals surface area contributed by atoms with Crippen LogP contribution in [-0.2, 0) is 4.74 Å². The standard InChI is InChI=1S/C9H15NOS/c1-12-9-10-8-5-3-2-4-7(8)6-11-9/h7-8H,2-6H2,1H3/t7-,8-/m0/s1. The molecule has 2 nitrogen and oxygen atoms in total. The molecule has 0 aromatic rings. The molecule has 1 aliphatic carbocycles. The molecule has 0 spiro atoms. The minimum absolute atomic E-state index is 0.579. The maximum absolute atomic E-state index is 5.51. The van der Waals surface area contributed by atoms with Gasteiger partial charge in [0.1, 0.15) is 0 Å². The van der Waals surface area contributed by atoms with Crippen molar-refractivity contribution in [2.24, 2.45) is 10.9 Å². The smallest absolute Gasteiger partial charge is 0.245 e. The van der Waals surface area contributed by atoms with Gasteiger partial charge in [0, 0.05) is 5.92 Å². The molecule has 0 N–H and O–H groups in total. The first-order valence-corrected chi connectivity index (χ1v) is 5.87. The second-order valence-corrected chi connectivity index (χ2v) is 4.28. The molecule has 0 saturated heterocycles. The fourth-order valence-electron chi connectivity index (χ4n) is 2.02. The predicted molar refractivity (Wildman–Crippen MR) is 52.6 cm³/mol. The summed E-state index contributed by atoms with van der Waals surface area (Å²) in [5.41, 5.74) is 0. The normalized spacial score (nSPS) is 34.9. The third-order valence-electron chi connectivity index (χ3n) is 2.74. The van der Waals surface area contributed by atoms with Crippen molar-refractivity contribution < 1.29 is 4.74 Å². The first-order valence-electron chi connectivity index (χ1n) is 4.65. The first kappa shape index (κ1) is 8.42. The van der Waals surface area contributed by atoms with Gasteiger partial charge in [0.15, 0.2) is 0 Å². The van der Waals surface area contributed by atoms with Crippen LogP contribution in [0.15, 0.2) is 4.99 Å². The Hall–Kier alpha value is -0.180. The Balaban J connectivity index is 2.04. The summed E-state index contributed by atoms with van der Waals surface area (Å²) in [6.45, 7) is 0.907. The topological polar surface area (TPSA) is 21.6 Å². The lowest BCUT2D eigenvalue weighted by Gasteiger charge is -2.32. The zero-order valence-corrected chi connectivity index (χ0v) is 8.27. The van der Waals surface area contributed by atoms with Gasteiger partial charge in [0.25, 0.3) is 0 Å². The highest BCUT2D eigenvalue weighted by atomic mass is 32.2. The molecule has 12 heavy (non-hydrogen) atoms. The zero-order valence-electron chi connectivity index (χ0n) is 7.45. The van der Waals surface area contributed by atoms with E-state index in [0.29, 0.717) is 6.04 Å². The molecule has 1 fully saturated rings. The van der Waals surface area contributed by atoms with Crippen molar-refractivity contribution in [1.29, 1.82) is 0 Å². The molecule has 0 aromatic heterocycles. The van der Waals surface area contributed by atoms with Crippen LogP contribution < -0.4 is 0 Å². The van der Waals surface area contributed by atoms with Crippen LogP contribution in [-0.4, -0.2) is 24.1 Å². The Morgan fingerprint density at radius 3 is 3.08 bits per heavy atom. The molecule has 1 aliphatic heterocycles. The average molecular weight is 185 g/mol. The molecule has 2 rings (SSSR count). The van der Waals surface area contributed by atoms with Crippen molar-refractivity contribution in [3.63, 3.8) is 0 Å². The zero-order chi connectivity index (χ0) is 8.39. The van der Waals surface area contributed by atoms with E-state index >= 15 is 0 Å². The Morgan fingerprint density at radius 1 is 1.42 bits per heavy atom. The number of hydrogen-bond donors (Lipinski definition) is 0. The van der Waals surface area contributed by atoms with Gasteiger partial charge in [-0.1, -0.05) is 24.6 Å². The molecule has 2 atom stereocenters. The number of ether oxygens (including phenoxy) is 1. The van der Waals surface area contributed by atoms with E-state index in [9.17, 15) is 0 Å². The van der Waals surface area contributed by atoms with E-state index in [1.54, 1.807) is 11.8 Å². The third kappa shape index (κ3) is 1.60. The van der Waals surface area contributed by atoms with E-state index in [-0.39, 0.29) is 0 Å². The van der Waals surface area contributed by atoms with Gasteiger partial charge < -0.3 is 4.74 Å². The third-order valence-corrected chi connectivity index (χ3v) is 3.31. The quantitative estimate of drug-likeness (QED) is 0.577. The van der Waals surface area contributed by atoms with Gasteiger partial charge in [-0.15, -0.1) is 0 Å². The highest BCUT2D eigenvalue weighted by Gasteiger charge is 2.29. The van der Waals surface area contributed by atoms with Crippen LogP contribution in [0, 0.1) is 5.92 Å². The molecular weight excluding hydrogens is 170 g/mol. The van der Waals surface area contributed by atoms with Crippen molar-refractivity contribution in [3.05, 3.63) is 0 Å². The largest absolute Gasteiger partial charge is 0.473 e. The predicted octanol–water partition coefficient (Wildman–Crippen LogP) is 2.29. The fraction of sp³-hybridized carbons (Fsp3) is 0.889. The molecular formula is C9H15NOS. The van der Waals surface area contributed by atoms with Gasteiger partial charge in [-0.3, -0.25) is 0 Å². The first-order chi connectivity index (χ1) is 5.90. The lowest BCUT2D eigenvalue weighted by atomic mass is 9.85. The lowest BCUT2D eigenvalue weighted by Crippen LogP contribution is -2.32. The number of fused-ring (bicyclic) bond motifs is 1. The fourth-order valence-corrected chi connectivity index (χ4v) is 2.44. The molecule has 2 aliphatic rings. The van der Waals surface area contributed by atoms with Crippen molar-refractivity contribution >= 4 is 17.0 Å². The summed E-state index contributed by atoms with van der Waals surface area (Å²) >= 11 is 1.63. The second-order valence-electron chi connectivity index (χ2n) is 3.52. The van der Waals surface area contributed by atoms with Crippen LogP contribution in [0.2, 0.25) is 0 Å². The summed E-state index contributed by atoms with van der Waals surface area (Å²) in [5.74, 6) is 0.717. The van der Waals surface area contributed by atoms with Crippen LogP contribution in [0.3, 0.4) is 0 Å². The van der Waals surface area contributed by atoms with Crippen molar-refractivity contribution in [3.8, 4) is 0 Å². The summed E-state index contributed by atoms with van der Waals surface area (Å²) in [7, 11) is 0. The SMILES string of the molecule is CSC1=N[C@H]2CCCC[C@H]2CO1. The monoisotopic (exact) mass is 185 g/mol. The van der Waals surface area contributed by atoms with Gasteiger partial charge in [-0.2, -0.15) is 0 Å². The maximum Gasteiger partial charge on any atom is 0.245 e. The Bertz CT molecular complexity index is 193. The second kappa shape index (κ2) is 3.69. The molecule has 0 bridgehead atoms. The van der Waals surface area contributed by atoms with Gasteiger partial charge in [0.05, 0.1) is 12.6 Å². The molecule has 0 unspecified atom stereocenters. The van der Waals surface area contributed by atoms with E-state index < -0.39 is 0 Å². The molecule has 0 radical (unpaired) electrons. The summed E-state index contributed by atoms with van der Waals surface area (Å²) in [6, 6.07) is 0.579. The van der Waals surface area contributed by atoms with Crippen LogP contribution >= 0.6 is 11.8 Å². The van der Waals surface area contributed by atoms with Gasteiger partial charge in [0.2, 0.25) is 5.23 Å². The van der Waals surface area contributed by atoms with E-state index in [2.05, 4.69) is 4.99 Å². The molecule has 3 heteroatoms. The van der Waals surface area contributed by atoms with Crippen LogP contribution in [0.5, 0.6) is 0 Å². The molecule has 1 heterocycles. The number of thioether (sulfide) groups is 1. The molecule has 0 aromatic carbocycles. The van der Waals surface area contributed by atoms with Crippen molar-refractivity contribution in [2.45, 2.75) is 31.7 Å². The average Bonchev–Trinajstić information content (AvgIpc) is 2.17. The van der Waals surface area contributed by atoms with E-state index in [1.807, 2.05) is 6.26 Å². The van der Waals surface area contributed by atoms with Gasteiger partial charge in [-0.05, 0) is 19.1 Å². The highest BCUT2D eigenvalue weighted by molar-refractivity contribution is 8.12. The van der Waals surface area contributed by atoms with Crippen LogP contribution in [0.25, 0.3) is 0 Å².